The summed E-state index contributed by atoms with van der Waals surface area (Å²) >= 11 is 1.87. The third kappa shape index (κ3) is 5.13. The SMILES string of the molecule is CC(Cc1c[nH]c2ccccc12)(NC(=O)OC1C2CC3CC(C2)CC1C3)C1N=CC(CCc2ccccc2)S1. The highest BCUT2D eigenvalue weighted by Crippen LogP contribution is 2.54. The number of thioether (sulfide) groups is 1. The van der Waals surface area contributed by atoms with E-state index < -0.39 is 5.54 Å². The Balaban J connectivity index is 1.08. The van der Waals surface area contributed by atoms with Gasteiger partial charge in [-0.1, -0.05) is 48.5 Å². The minimum atomic E-state index is -0.573. The first-order valence-electron chi connectivity index (χ1n) is 14.8. The molecule has 4 fully saturated rings. The molecule has 4 saturated carbocycles. The fourth-order valence-electron chi connectivity index (χ4n) is 8.14. The summed E-state index contributed by atoms with van der Waals surface area (Å²) < 4.78 is 6.30. The van der Waals surface area contributed by atoms with Gasteiger partial charge in [0.25, 0.3) is 0 Å². The van der Waals surface area contributed by atoms with Crippen LogP contribution >= 0.6 is 11.8 Å². The van der Waals surface area contributed by atoms with Crippen molar-refractivity contribution < 1.29 is 9.53 Å². The van der Waals surface area contributed by atoms with Crippen molar-refractivity contribution in [3.05, 3.63) is 71.9 Å². The molecule has 5 nitrogen and oxygen atoms in total. The Morgan fingerprint density at radius 1 is 1.03 bits per heavy atom. The molecule has 1 aliphatic heterocycles. The Morgan fingerprint density at radius 2 is 1.74 bits per heavy atom. The normalized spacial score (nSPS) is 32.4. The largest absolute Gasteiger partial charge is 0.446 e. The number of amides is 1. The van der Waals surface area contributed by atoms with Crippen molar-refractivity contribution in [3.8, 4) is 0 Å². The molecule has 0 spiro atoms. The summed E-state index contributed by atoms with van der Waals surface area (Å²) in [6.07, 6.45) is 13.1. The van der Waals surface area contributed by atoms with Gasteiger partial charge in [0.15, 0.2) is 0 Å². The molecule has 2 heterocycles. The Morgan fingerprint density at radius 3 is 2.51 bits per heavy atom. The number of aryl methyl sites for hydroxylation is 1. The number of para-hydroxylation sites is 1. The van der Waals surface area contributed by atoms with Crippen LogP contribution in [0.4, 0.5) is 4.79 Å². The minimum Gasteiger partial charge on any atom is -0.446 e. The zero-order valence-electron chi connectivity index (χ0n) is 22.7. The molecular weight excluding hydrogens is 502 g/mol. The van der Waals surface area contributed by atoms with Crippen LogP contribution in [0.15, 0.2) is 65.8 Å². The second-order valence-corrected chi connectivity index (χ2v) is 14.1. The van der Waals surface area contributed by atoms with Crippen molar-refractivity contribution in [1.82, 2.24) is 10.3 Å². The first-order valence-corrected chi connectivity index (χ1v) is 15.7. The van der Waals surface area contributed by atoms with Crippen LogP contribution in [0.5, 0.6) is 0 Å². The number of ether oxygens (including phenoxy) is 1. The van der Waals surface area contributed by atoms with Crippen LogP contribution in [0, 0.1) is 23.7 Å². The molecule has 5 aliphatic rings. The number of carbonyl (C=O) groups excluding carboxylic acids is 1. The van der Waals surface area contributed by atoms with Crippen LogP contribution in [0.3, 0.4) is 0 Å². The second kappa shape index (κ2) is 10.3. The monoisotopic (exact) mass is 541 g/mol. The van der Waals surface area contributed by atoms with Crippen molar-refractivity contribution in [1.29, 1.82) is 0 Å². The topological polar surface area (TPSA) is 66.5 Å². The number of H-pyrrole nitrogens is 1. The third-order valence-electron chi connectivity index (χ3n) is 9.80. The van der Waals surface area contributed by atoms with Gasteiger partial charge in [0.1, 0.15) is 11.5 Å². The lowest BCUT2D eigenvalue weighted by Crippen LogP contribution is -2.56. The Labute approximate surface area is 235 Å². The van der Waals surface area contributed by atoms with E-state index in [1.165, 1.54) is 48.6 Å². The van der Waals surface area contributed by atoms with Gasteiger partial charge >= 0.3 is 6.09 Å². The summed E-state index contributed by atoms with van der Waals surface area (Å²) in [6, 6.07) is 19.0. The highest BCUT2D eigenvalue weighted by atomic mass is 32.2. The van der Waals surface area contributed by atoms with Gasteiger partial charge in [-0.15, -0.1) is 11.8 Å². The zero-order chi connectivity index (χ0) is 26.4. The molecule has 0 saturated heterocycles. The van der Waals surface area contributed by atoms with E-state index in [-0.39, 0.29) is 17.6 Å². The quantitative estimate of drug-likeness (QED) is 0.318. The second-order valence-electron chi connectivity index (χ2n) is 12.7. The molecule has 0 radical (unpaired) electrons. The maximum Gasteiger partial charge on any atom is 0.407 e. The number of alkyl carbamates (subject to hydrolysis) is 1. The maximum atomic E-state index is 13.6. The van der Waals surface area contributed by atoms with Crippen LogP contribution in [-0.4, -0.2) is 39.6 Å². The third-order valence-corrected chi connectivity index (χ3v) is 11.4. The lowest BCUT2D eigenvalue weighted by atomic mass is 9.55. The van der Waals surface area contributed by atoms with Crippen molar-refractivity contribution in [2.24, 2.45) is 28.7 Å². The number of aliphatic imine (C=N–C) groups is 1. The average molecular weight is 542 g/mol. The Bertz CT molecular complexity index is 1330. The minimum absolute atomic E-state index is 0.0713. The van der Waals surface area contributed by atoms with E-state index in [2.05, 4.69) is 84.2 Å². The number of carbonyl (C=O) groups is 1. The van der Waals surface area contributed by atoms with E-state index in [0.29, 0.717) is 23.5 Å². The van der Waals surface area contributed by atoms with Crippen LogP contribution in [-0.2, 0) is 17.6 Å². The number of hydrogen-bond acceptors (Lipinski definition) is 4. The van der Waals surface area contributed by atoms with Crippen molar-refractivity contribution in [2.45, 2.75) is 80.6 Å². The number of nitrogens with one attached hydrogen (secondary N) is 2. The van der Waals surface area contributed by atoms with Gasteiger partial charge in [0.05, 0.1) is 5.54 Å². The summed E-state index contributed by atoms with van der Waals surface area (Å²) in [5, 5.41) is 4.85. The van der Waals surface area contributed by atoms with Gasteiger partial charge < -0.3 is 15.0 Å². The van der Waals surface area contributed by atoms with Gasteiger partial charge in [-0.2, -0.15) is 0 Å². The summed E-state index contributed by atoms with van der Waals surface area (Å²) in [5.74, 6) is 2.82. The summed E-state index contributed by atoms with van der Waals surface area (Å²) in [5.41, 5.74) is 3.10. The molecule has 204 valence electrons. The van der Waals surface area contributed by atoms with Gasteiger partial charge in [0.2, 0.25) is 0 Å². The average Bonchev–Trinajstić information content (AvgIpc) is 3.58. The highest BCUT2D eigenvalue weighted by molar-refractivity contribution is 8.01. The van der Waals surface area contributed by atoms with Gasteiger partial charge in [-0.3, -0.25) is 4.99 Å². The van der Waals surface area contributed by atoms with E-state index in [4.69, 9.17) is 9.73 Å². The van der Waals surface area contributed by atoms with Crippen LogP contribution in [0.2, 0.25) is 0 Å². The Kier molecular flexibility index (Phi) is 6.70. The predicted octanol–water partition coefficient (Wildman–Crippen LogP) is 7.17. The first kappa shape index (κ1) is 25.3. The van der Waals surface area contributed by atoms with Gasteiger partial charge in [-0.05, 0) is 92.7 Å². The van der Waals surface area contributed by atoms with E-state index in [1.807, 2.05) is 11.8 Å². The van der Waals surface area contributed by atoms with Crippen LogP contribution in [0.25, 0.3) is 10.9 Å². The number of fused-ring (bicyclic) bond motifs is 1. The van der Waals surface area contributed by atoms with Crippen molar-refractivity contribution in [3.63, 3.8) is 0 Å². The highest BCUT2D eigenvalue weighted by Gasteiger charge is 2.50. The summed E-state index contributed by atoms with van der Waals surface area (Å²) in [7, 11) is 0. The molecule has 2 N–H and O–H groups in total. The molecule has 2 aromatic carbocycles. The number of hydrogen-bond donors (Lipinski definition) is 2. The number of aromatic nitrogens is 1. The molecular formula is C33H39N3O2S. The number of nitrogens with zero attached hydrogens (tertiary/aromatic N) is 1. The lowest BCUT2D eigenvalue weighted by molar-refractivity contribution is -0.0971. The maximum absolute atomic E-state index is 13.6. The first-order chi connectivity index (χ1) is 19.0. The van der Waals surface area contributed by atoms with Crippen molar-refractivity contribution in [2.75, 3.05) is 0 Å². The molecule has 39 heavy (non-hydrogen) atoms. The molecule has 4 aliphatic carbocycles. The summed E-state index contributed by atoms with van der Waals surface area (Å²) in [6.45, 7) is 2.15. The van der Waals surface area contributed by atoms with Gasteiger partial charge in [-0.25, -0.2) is 4.79 Å². The number of rotatable bonds is 8. The molecule has 3 unspecified atom stereocenters. The zero-order valence-corrected chi connectivity index (χ0v) is 23.5. The van der Waals surface area contributed by atoms with E-state index in [1.54, 1.807) is 0 Å². The summed E-state index contributed by atoms with van der Waals surface area (Å²) in [4.78, 5) is 22.0. The molecule has 8 rings (SSSR count). The predicted molar refractivity (Wildman–Crippen MR) is 159 cm³/mol. The standard InChI is InChI=1S/C33H39N3O2S/c1-33(18-26-19-34-29-10-6-5-9-28(26)29,31-35-20-27(39-31)12-11-21-7-3-2-4-8-21)36-32(37)38-30-24-14-22-13-23(16-24)17-25(30)15-22/h2-10,19-20,22-25,27,30-31,34H,11-18H2,1H3,(H,36,37). The molecule has 3 aromatic rings. The molecule has 1 aromatic heterocycles. The molecule has 1 amide bonds. The molecule has 3 atom stereocenters. The van der Waals surface area contributed by atoms with E-state index >= 15 is 0 Å². The number of benzene rings is 2. The van der Waals surface area contributed by atoms with E-state index in [0.717, 1.165) is 30.2 Å². The number of aromatic amines is 1. The lowest BCUT2D eigenvalue weighted by Gasteiger charge is -2.53. The van der Waals surface area contributed by atoms with Crippen LogP contribution < -0.4 is 5.32 Å². The van der Waals surface area contributed by atoms with E-state index in [9.17, 15) is 4.79 Å². The Hall–Kier alpha value is -2.73. The molecule has 4 bridgehead atoms. The molecule has 6 heteroatoms. The van der Waals surface area contributed by atoms with Gasteiger partial charge in [0, 0.05) is 35.0 Å². The van der Waals surface area contributed by atoms with Crippen LogP contribution in [0.1, 0.15) is 56.6 Å². The smallest absolute Gasteiger partial charge is 0.407 e. The fraction of sp³-hybridized carbons (Fsp3) is 0.515. The van der Waals surface area contributed by atoms with Crippen molar-refractivity contribution >= 4 is 35.0 Å². The fourth-order valence-corrected chi connectivity index (χ4v) is 9.45.